The smallest absolute Gasteiger partial charge is 0.260 e. The van der Waals surface area contributed by atoms with Gasteiger partial charge in [0.1, 0.15) is 5.37 Å². The first-order valence-corrected chi connectivity index (χ1v) is 9.24. The first kappa shape index (κ1) is 16.0. The van der Waals surface area contributed by atoms with Crippen molar-refractivity contribution in [1.29, 1.82) is 0 Å². The Kier molecular flexibility index (Phi) is 4.10. The molecule has 0 fully saturated rings. The number of amides is 1. The number of benzene rings is 3. The van der Waals surface area contributed by atoms with Crippen molar-refractivity contribution in [2.75, 3.05) is 4.90 Å². The lowest BCUT2D eigenvalue weighted by Crippen LogP contribution is -2.36. The predicted molar refractivity (Wildman–Crippen MR) is 104 cm³/mol. The summed E-state index contributed by atoms with van der Waals surface area (Å²) >= 11 is 1.73. The van der Waals surface area contributed by atoms with Gasteiger partial charge in [-0.1, -0.05) is 71.4 Å². The SMILES string of the molecule is Cc1ccc(C2Sc3ccccc3C(=O)N2c2ccc(C)cc2)cc1. The second-order valence-electron chi connectivity index (χ2n) is 6.39. The summed E-state index contributed by atoms with van der Waals surface area (Å²) in [6.45, 7) is 4.14. The van der Waals surface area contributed by atoms with E-state index in [-0.39, 0.29) is 11.3 Å². The second-order valence-corrected chi connectivity index (χ2v) is 7.51. The van der Waals surface area contributed by atoms with Crippen LogP contribution in [0.3, 0.4) is 0 Å². The quantitative estimate of drug-likeness (QED) is 0.589. The highest BCUT2D eigenvalue weighted by Crippen LogP contribution is 2.46. The Morgan fingerprint density at radius 3 is 2.08 bits per heavy atom. The normalized spacial score (nSPS) is 16.6. The molecule has 3 heteroatoms. The van der Waals surface area contributed by atoms with Crippen molar-refractivity contribution in [1.82, 2.24) is 0 Å². The maximum Gasteiger partial charge on any atom is 0.260 e. The van der Waals surface area contributed by atoms with E-state index in [1.807, 2.05) is 41.3 Å². The van der Waals surface area contributed by atoms with Gasteiger partial charge in [0.25, 0.3) is 5.91 Å². The number of thioether (sulfide) groups is 1. The zero-order chi connectivity index (χ0) is 17.4. The number of carbonyl (C=O) groups excluding carboxylic acids is 1. The van der Waals surface area contributed by atoms with Crippen LogP contribution in [-0.2, 0) is 0 Å². The van der Waals surface area contributed by atoms with E-state index in [0.29, 0.717) is 0 Å². The molecule has 3 aromatic carbocycles. The Morgan fingerprint density at radius 1 is 0.800 bits per heavy atom. The maximum atomic E-state index is 13.3. The lowest BCUT2D eigenvalue weighted by atomic mass is 10.1. The summed E-state index contributed by atoms with van der Waals surface area (Å²) in [6, 6.07) is 24.5. The van der Waals surface area contributed by atoms with Crippen LogP contribution in [0.15, 0.2) is 77.7 Å². The Bertz CT molecular complexity index is 916. The lowest BCUT2D eigenvalue weighted by Gasteiger charge is -2.36. The molecule has 0 aliphatic carbocycles. The minimum absolute atomic E-state index is 0.0591. The largest absolute Gasteiger partial charge is 0.291 e. The summed E-state index contributed by atoms with van der Waals surface area (Å²) in [6.07, 6.45) is 0. The first-order valence-electron chi connectivity index (χ1n) is 8.36. The van der Waals surface area contributed by atoms with Crippen molar-refractivity contribution >= 4 is 23.4 Å². The van der Waals surface area contributed by atoms with Crippen LogP contribution >= 0.6 is 11.8 Å². The Hall–Kier alpha value is -2.52. The minimum atomic E-state index is -0.0642. The zero-order valence-electron chi connectivity index (χ0n) is 14.3. The van der Waals surface area contributed by atoms with E-state index in [0.717, 1.165) is 21.7 Å². The number of aryl methyl sites for hydroxylation is 2. The van der Waals surface area contributed by atoms with Crippen LogP contribution in [0.5, 0.6) is 0 Å². The maximum absolute atomic E-state index is 13.3. The molecule has 0 bridgehead atoms. The molecule has 3 aromatic rings. The van der Waals surface area contributed by atoms with E-state index in [2.05, 4.69) is 50.2 Å². The van der Waals surface area contributed by atoms with Gasteiger partial charge in [0.15, 0.2) is 0 Å². The number of anilines is 1. The number of nitrogens with zero attached hydrogens (tertiary/aromatic N) is 1. The molecule has 124 valence electrons. The third-order valence-electron chi connectivity index (χ3n) is 4.48. The topological polar surface area (TPSA) is 20.3 Å². The Balaban J connectivity index is 1.85. The van der Waals surface area contributed by atoms with Gasteiger partial charge in [0.2, 0.25) is 0 Å². The fraction of sp³-hybridized carbons (Fsp3) is 0.136. The van der Waals surface area contributed by atoms with Gasteiger partial charge in [-0.25, -0.2) is 0 Å². The molecule has 0 radical (unpaired) electrons. The summed E-state index contributed by atoms with van der Waals surface area (Å²) < 4.78 is 0. The van der Waals surface area contributed by atoms with Gasteiger partial charge < -0.3 is 0 Å². The summed E-state index contributed by atoms with van der Waals surface area (Å²) in [7, 11) is 0. The molecular formula is C22H19NOS. The van der Waals surface area contributed by atoms with Crippen LogP contribution in [0.1, 0.15) is 32.4 Å². The number of rotatable bonds is 2. The highest BCUT2D eigenvalue weighted by Gasteiger charge is 2.34. The van der Waals surface area contributed by atoms with Crippen LogP contribution < -0.4 is 4.90 Å². The van der Waals surface area contributed by atoms with Gasteiger partial charge in [-0.2, -0.15) is 0 Å². The third-order valence-corrected chi connectivity index (χ3v) is 5.80. The standard InChI is InChI=1S/C22H19NOS/c1-15-7-11-17(12-8-15)22-23(18-13-9-16(2)10-14-18)21(24)19-5-3-4-6-20(19)25-22/h3-14,22H,1-2H3. The fourth-order valence-electron chi connectivity index (χ4n) is 3.06. The number of hydrogen-bond donors (Lipinski definition) is 0. The Morgan fingerprint density at radius 2 is 1.40 bits per heavy atom. The van der Waals surface area contributed by atoms with Crippen molar-refractivity contribution in [2.24, 2.45) is 0 Å². The second kappa shape index (κ2) is 6.41. The summed E-state index contributed by atoms with van der Waals surface area (Å²) in [5.74, 6) is 0.0591. The molecule has 1 aliphatic heterocycles. The molecule has 4 rings (SSSR count). The molecule has 1 heterocycles. The van der Waals surface area contributed by atoms with Crippen LogP contribution in [0.2, 0.25) is 0 Å². The molecule has 0 N–H and O–H groups in total. The summed E-state index contributed by atoms with van der Waals surface area (Å²) in [5.41, 5.74) is 5.25. The van der Waals surface area contributed by atoms with Gasteiger partial charge in [0.05, 0.1) is 5.56 Å². The molecule has 0 aromatic heterocycles. The molecule has 0 spiro atoms. The van der Waals surface area contributed by atoms with Crippen molar-refractivity contribution in [3.63, 3.8) is 0 Å². The number of fused-ring (bicyclic) bond motifs is 1. The van der Waals surface area contributed by atoms with Crippen molar-refractivity contribution < 1.29 is 4.79 Å². The summed E-state index contributed by atoms with van der Waals surface area (Å²) in [5, 5.41) is -0.0642. The molecule has 0 saturated carbocycles. The van der Waals surface area contributed by atoms with E-state index in [9.17, 15) is 4.79 Å². The van der Waals surface area contributed by atoms with E-state index in [4.69, 9.17) is 0 Å². The zero-order valence-corrected chi connectivity index (χ0v) is 15.1. The van der Waals surface area contributed by atoms with Crippen molar-refractivity contribution in [3.05, 3.63) is 95.1 Å². The number of carbonyl (C=O) groups is 1. The monoisotopic (exact) mass is 345 g/mol. The molecule has 25 heavy (non-hydrogen) atoms. The summed E-state index contributed by atoms with van der Waals surface area (Å²) in [4.78, 5) is 16.2. The van der Waals surface area contributed by atoms with Gasteiger partial charge in [-0.05, 0) is 43.7 Å². The van der Waals surface area contributed by atoms with E-state index in [1.165, 1.54) is 11.1 Å². The number of hydrogen-bond acceptors (Lipinski definition) is 2. The fourth-order valence-corrected chi connectivity index (χ4v) is 4.36. The lowest BCUT2D eigenvalue weighted by molar-refractivity contribution is 0.0979. The predicted octanol–water partition coefficient (Wildman–Crippen LogP) is 5.75. The van der Waals surface area contributed by atoms with E-state index >= 15 is 0 Å². The Labute approximate surface area is 152 Å². The average Bonchev–Trinajstić information content (AvgIpc) is 2.63. The van der Waals surface area contributed by atoms with Gasteiger partial charge in [0, 0.05) is 10.6 Å². The molecular weight excluding hydrogens is 326 g/mol. The molecule has 0 saturated heterocycles. The molecule has 1 unspecified atom stereocenters. The van der Waals surface area contributed by atoms with Crippen LogP contribution in [-0.4, -0.2) is 5.91 Å². The molecule has 1 amide bonds. The molecule has 1 aliphatic rings. The van der Waals surface area contributed by atoms with Crippen LogP contribution in [0.4, 0.5) is 5.69 Å². The minimum Gasteiger partial charge on any atom is -0.291 e. The van der Waals surface area contributed by atoms with E-state index in [1.54, 1.807) is 11.8 Å². The molecule has 1 atom stereocenters. The van der Waals surface area contributed by atoms with E-state index < -0.39 is 0 Å². The average molecular weight is 345 g/mol. The van der Waals surface area contributed by atoms with Gasteiger partial charge in [-0.15, -0.1) is 0 Å². The highest BCUT2D eigenvalue weighted by atomic mass is 32.2. The van der Waals surface area contributed by atoms with Gasteiger partial charge in [-0.3, -0.25) is 9.69 Å². The van der Waals surface area contributed by atoms with Crippen molar-refractivity contribution in [3.8, 4) is 0 Å². The van der Waals surface area contributed by atoms with Crippen LogP contribution in [0, 0.1) is 13.8 Å². The van der Waals surface area contributed by atoms with Crippen LogP contribution in [0.25, 0.3) is 0 Å². The van der Waals surface area contributed by atoms with Crippen molar-refractivity contribution in [2.45, 2.75) is 24.1 Å². The highest BCUT2D eigenvalue weighted by molar-refractivity contribution is 7.99. The van der Waals surface area contributed by atoms with Gasteiger partial charge >= 0.3 is 0 Å². The molecule has 2 nitrogen and oxygen atoms in total. The first-order chi connectivity index (χ1) is 12.1. The third kappa shape index (κ3) is 2.96.